The average Bonchev–Trinajstić information content (AvgIpc) is 2.84. The molecule has 3 fully saturated rings. The van der Waals surface area contributed by atoms with Gasteiger partial charge in [-0.25, -0.2) is 4.58 Å². The average molecular weight is 458 g/mol. The number of allylic oxidation sites excluding steroid dienone is 3. The molecule has 4 rings (SSSR count). The first-order chi connectivity index (χ1) is 16.0. The quantitative estimate of drug-likeness (QED) is 0.549. The molecule has 0 bridgehead atoms. The lowest BCUT2D eigenvalue weighted by Crippen LogP contribution is -2.53. The SMILES string of the molecule is CCN(CC)C1CCC2C(C1)OC1=CC(=[N+](CC)CC)C=CC1C2C1CCCCC1C(=O)O. The first-order valence-electron chi connectivity index (χ1n) is 13.7. The van der Waals surface area contributed by atoms with E-state index in [0.717, 1.165) is 70.5 Å². The molecule has 2 saturated carbocycles. The molecule has 7 atom stereocenters. The Morgan fingerprint density at radius 3 is 2.45 bits per heavy atom. The van der Waals surface area contributed by atoms with Gasteiger partial charge in [0.25, 0.3) is 0 Å². The third kappa shape index (κ3) is 4.80. The van der Waals surface area contributed by atoms with Gasteiger partial charge in [-0.15, -0.1) is 0 Å². The van der Waals surface area contributed by atoms with E-state index in [9.17, 15) is 9.90 Å². The summed E-state index contributed by atoms with van der Waals surface area (Å²) in [5.41, 5.74) is 1.23. The van der Waals surface area contributed by atoms with Crippen LogP contribution in [0.3, 0.4) is 0 Å². The number of fused-ring (bicyclic) bond motifs is 2. The van der Waals surface area contributed by atoms with Gasteiger partial charge in [-0.2, -0.15) is 0 Å². The zero-order valence-electron chi connectivity index (χ0n) is 21.2. The van der Waals surface area contributed by atoms with Crippen LogP contribution in [0.5, 0.6) is 0 Å². The van der Waals surface area contributed by atoms with Crippen molar-refractivity contribution in [1.29, 1.82) is 0 Å². The van der Waals surface area contributed by atoms with Crippen molar-refractivity contribution in [3.8, 4) is 0 Å². The summed E-state index contributed by atoms with van der Waals surface area (Å²) in [6.45, 7) is 13.0. The number of hydrogen-bond donors (Lipinski definition) is 1. The van der Waals surface area contributed by atoms with Gasteiger partial charge in [0, 0.05) is 36.5 Å². The van der Waals surface area contributed by atoms with Gasteiger partial charge in [0.05, 0.1) is 5.92 Å². The van der Waals surface area contributed by atoms with E-state index in [4.69, 9.17) is 4.74 Å². The monoisotopic (exact) mass is 457 g/mol. The van der Waals surface area contributed by atoms with Crippen molar-refractivity contribution >= 4 is 11.7 Å². The largest absolute Gasteiger partial charge is 0.494 e. The summed E-state index contributed by atoms with van der Waals surface area (Å²) in [6, 6.07) is 0.575. The summed E-state index contributed by atoms with van der Waals surface area (Å²) in [4.78, 5) is 14.9. The zero-order valence-corrected chi connectivity index (χ0v) is 21.2. The second kappa shape index (κ2) is 10.8. The number of aliphatic carboxylic acids is 1. The summed E-state index contributed by atoms with van der Waals surface area (Å²) >= 11 is 0. The van der Waals surface area contributed by atoms with E-state index in [0.29, 0.717) is 17.9 Å². The molecule has 7 unspecified atom stereocenters. The van der Waals surface area contributed by atoms with Crippen molar-refractivity contribution in [2.75, 3.05) is 26.2 Å². The van der Waals surface area contributed by atoms with Crippen molar-refractivity contribution in [1.82, 2.24) is 4.90 Å². The highest BCUT2D eigenvalue weighted by Gasteiger charge is 2.52. The van der Waals surface area contributed by atoms with Gasteiger partial charge in [-0.3, -0.25) is 4.79 Å². The minimum Gasteiger partial charge on any atom is -0.494 e. The molecule has 5 nitrogen and oxygen atoms in total. The van der Waals surface area contributed by atoms with E-state index in [-0.39, 0.29) is 23.9 Å². The highest BCUT2D eigenvalue weighted by molar-refractivity contribution is 6.01. The first-order valence-corrected chi connectivity index (χ1v) is 13.7. The number of carboxylic acids is 1. The molecular weight excluding hydrogens is 412 g/mol. The van der Waals surface area contributed by atoms with Crippen LogP contribution in [0.4, 0.5) is 0 Å². The Labute approximate surface area is 200 Å². The number of carbonyl (C=O) groups is 1. The maximum Gasteiger partial charge on any atom is 0.306 e. The fraction of sp³-hybridized carbons (Fsp3) is 0.786. The topological polar surface area (TPSA) is 52.8 Å². The molecular formula is C28H45N2O3+. The Morgan fingerprint density at radius 2 is 1.79 bits per heavy atom. The predicted molar refractivity (Wildman–Crippen MR) is 133 cm³/mol. The van der Waals surface area contributed by atoms with Crippen LogP contribution < -0.4 is 0 Å². The smallest absolute Gasteiger partial charge is 0.306 e. The second-order valence-electron chi connectivity index (χ2n) is 10.5. The molecule has 5 heteroatoms. The van der Waals surface area contributed by atoms with Gasteiger partial charge in [0.2, 0.25) is 5.71 Å². The Bertz CT molecular complexity index is 791. The highest BCUT2D eigenvalue weighted by Crippen LogP contribution is 2.53. The minimum absolute atomic E-state index is 0.203. The van der Waals surface area contributed by atoms with Crippen LogP contribution in [0.2, 0.25) is 0 Å². The van der Waals surface area contributed by atoms with E-state index >= 15 is 0 Å². The molecule has 0 aromatic rings. The summed E-state index contributed by atoms with van der Waals surface area (Å²) in [5.74, 6) is 1.63. The molecule has 1 saturated heterocycles. The molecule has 0 aromatic heterocycles. The van der Waals surface area contributed by atoms with Crippen molar-refractivity contribution < 1.29 is 19.2 Å². The molecule has 184 valence electrons. The summed E-state index contributed by atoms with van der Waals surface area (Å²) in [7, 11) is 0. The molecule has 1 heterocycles. The molecule has 0 radical (unpaired) electrons. The molecule has 0 amide bonds. The maximum atomic E-state index is 12.3. The van der Waals surface area contributed by atoms with Crippen LogP contribution in [-0.2, 0) is 9.53 Å². The first kappa shape index (κ1) is 24.5. The minimum atomic E-state index is -0.583. The molecule has 33 heavy (non-hydrogen) atoms. The molecule has 4 aliphatic rings. The second-order valence-corrected chi connectivity index (χ2v) is 10.5. The van der Waals surface area contributed by atoms with E-state index in [2.05, 4.69) is 55.4 Å². The van der Waals surface area contributed by atoms with E-state index in [1.54, 1.807) is 0 Å². The highest BCUT2D eigenvalue weighted by atomic mass is 16.5. The number of nitrogens with zero attached hydrogens (tertiary/aromatic N) is 2. The third-order valence-corrected chi connectivity index (χ3v) is 9.19. The van der Waals surface area contributed by atoms with Gasteiger partial charge in [-0.05, 0) is 64.5 Å². The normalized spacial score (nSPS) is 36.0. The molecule has 1 aliphatic heterocycles. The standard InChI is InChI=1S/C28H44N2O3/c1-5-29(6-2)19-13-15-23-25(17-19)33-26-18-20(30(7-3)8-4)14-16-24(26)27(23)21-11-9-10-12-22(21)28(31)32/h13,15,17,20-24,26-27H,5-12,14,16,18H2,1-4H3/p+1. The molecule has 0 spiro atoms. The van der Waals surface area contributed by atoms with Crippen LogP contribution in [0.25, 0.3) is 0 Å². The molecule has 3 aliphatic carbocycles. The van der Waals surface area contributed by atoms with Crippen LogP contribution in [-0.4, -0.2) is 64.6 Å². The van der Waals surface area contributed by atoms with Crippen LogP contribution in [0.15, 0.2) is 24.0 Å². The lowest BCUT2D eigenvalue weighted by atomic mass is 9.58. The number of ether oxygens (including phenoxy) is 1. The molecule has 1 N–H and O–H groups in total. The van der Waals surface area contributed by atoms with Gasteiger partial charge in [-0.1, -0.05) is 32.8 Å². The van der Waals surface area contributed by atoms with E-state index in [1.165, 1.54) is 12.1 Å². The molecule has 0 aromatic carbocycles. The maximum absolute atomic E-state index is 12.3. The van der Waals surface area contributed by atoms with Gasteiger partial charge in [0.1, 0.15) is 25.0 Å². The van der Waals surface area contributed by atoms with Gasteiger partial charge in [0.15, 0.2) is 0 Å². The van der Waals surface area contributed by atoms with Gasteiger partial charge < -0.3 is 14.7 Å². The van der Waals surface area contributed by atoms with Gasteiger partial charge >= 0.3 is 5.97 Å². The van der Waals surface area contributed by atoms with Crippen molar-refractivity contribution in [3.05, 3.63) is 24.0 Å². The van der Waals surface area contributed by atoms with Crippen LogP contribution in [0.1, 0.15) is 72.6 Å². The lowest BCUT2D eigenvalue weighted by Gasteiger charge is -2.53. The summed E-state index contributed by atoms with van der Waals surface area (Å²) in [6.07, 6.45) is 14.7. The summed E-state index contributed by atoms with van der Waals surface area (Å²) in [5, 5.41) is 10.1. The Hall–Kier alpha value is -1.62. The fourth-order valence-corrected chi connectivity index (χ4v) is 7.53. The number of rotatable bonds is 7. The van der Waals surface area contributed by atoms with Crippen molar-refractivity contribution in [2.45, 2.75) is 84.8 Å². The summed E-state index contributed by atoms with van der Waals surface area (Å²) < 4.78 is 9.22. The predicted octanol–water partition coefficient (Wildman–Crippen LogP) is 4.97. The fourth-order valence-electron chi connectivity index (χ4n) is 7.53. The Morgan fingerprint density at radius 1 is 1.06 bits per heavy atom. The third-order valence-electron chi connectivity index (χ3n) is 9.19. The number of carboxylic acid groups (broad SMARTS) is 1. The lowest BCUT2D eigenvalue weighted by molar-refractivity contribution is -0.519. The number of hydrogen-bond acceptors (Lipinski definition) is 3. The van der Waals surface area contributed by atoms with Crippen LogP contribution in [0, 0.1) is 29.6 Å². The van der Waals surface area contributed by atoms with E-state index < -0.39 is 5.97 Å². The van der Waals surface area contributed by atoms with Crippen molar-refractivity contribution in [3.63, 3.8) is 0 Å². The van der Waals surface area contributed by atoms with Crippen LogP contribution >= 0.6 is 0 Å². The Kier molecular flexibility index (Phi) is 7.99. The van der Waals surface area contributed by atoms with E-state index in [1.807, 2.05) is 0 Å². The van der Waals surface area contributed by atoms with Crippen molar-refractivity contribution in [2.24, 2.45) is 29.6 Å². The zero-order chi connectivity index (χ0) is 23.5. The Balaban J connectivity index is 1.70.